The molecule has 0 N–H and O–H groups in total. The SMILES string of the molecule is O=C1CSc2ccccc2N1C(=S)N1c2ccccc2Sc2ccccc21. The van der Waals surface area contributed by atoms with E-state index in [0.29, 0.717) is 10.9 Å². The molecule has 6 heteroatoms. The van der Waals surface area contributed by atoms with E-state index in [9.17, 15) is 4.79 Å². The van der Waals surface area contributed by atoms with Gasteiger partial charge in [0.2, 0.25) is 5.91 Å². The molecule has 3 nitrogen and oxygen atoms in total. The lowest BCUT2D eigenvalue weighted by Gasteiger charge is -2.38. The fourth-order valence-corrected chi connectivity index (χ4v) is 5.67. The van der Waals surface area contributed by atoms with Gasteiger partial charge in [0.1, 0.15) is 0 Å². The number of nitrogens with zero attached hydrogens (tertiary/aromatic N) is 2. The molecule has 132 valence electrons. The van der Waals surface area contributed by atoms with Gasteiger partial charge in [-0.1, -0.05) is 48.2 Å². The number of amides is 1. The van der Waals surface area contributed by atoms with E-state index in [1.54, 1.807) is 28.4 Å². The summed E-state index contributed by atoms with van der Waals surface area (Å²) in [4.78, 5) is 19.9. The van der Waals surface area contributed by atoms with Gasteiger partial charge in [0, 0.05) is 14.7 Å². The second-order valence-electron chi connectivity index (χ2n) is 6.14. The largest absolute Gasteiger partial charge is 0.285 e. The molecule has 2 aliphatic heterocycles. The van der Waals surface area contributed by atoms with Crippen molar-refractivity contribution in [3.8, 4) is 0 Å². The lowest BCUT2D eigenvalue weighted by Crippen LogP contribution is -2.47. The summed E-state index contributed by atoms with van der Waals surface area (Å²) in [6, 6.07) is 24.3. The first-order chi connectivity index (χ1) is 13.2. The Morgan fingerprint density at radius 2 is 1.22 bits per heavy atom. The average Bonchev–Trinajstić information content (AvgIpc) is 2.71. The molecule has 0 saturated carbocycles. The summed E-state index contributed by atoms with van der Waals surface area (Å²) < 4.78 is 0. The zero-order valence-electron chi connectivity index (χ0n) is 14.2. The number of carbonyl (C=O) groups is 1. The standard InChI is InChI=1S/C21H14N2OS3/c24-20-13-26-17-10-4-1-7-14(17)23(20)21(25)22-15-8-2-5-11-18(15)27-19-12-6-3-9-16(19)22/h1-12H,13H2. The van der Waals surface area contributed by atoms with Crippen molar-refractivity contribution in [2.24, 2.45) is 0 Å². The third kappa shape index (κ3) is 2.76. The van der Waals surface area contributed by atoms with Crippen molar-refractivity contribution in [2.45, 2.75) is 14.7 Å². The monoisotopic (exact) mass is 406 g/mol. The topological polar surface area (TPSA) is 23.6 Å². The maximum Gasteiger partial charge on any atom is 0.243 e. The minimum Gasteiger partial charge on any atom is -0.285 e. The van der Waals surface area contributed by atoms with E-state index < -0.39 is 0 Å². The summed E-state index contributed by atoms with van der Waals surface area (Å²) in [5.41, 5.74) is 2.88. The van der Waals surface area contributed by atoms with Crippen molar-refractivity contribution >= 4 is 63.8 Å². The van der Waals surface area contributed by atoms with Gasteiger partial charge in [0.15, 0.2) is 5.11 Å². The predicted molar refractivity (Wildman–Crippen MR) is 116 cm³/mol. The van der Waals surface area contributed by atoms with Crippen molar-refractivity contribution in [3.63, 3.8) is 0 Å². The summed E-state index contributed by atoms with van der Waals surface area (Å²) in [6.45, 7) is 0. The molecule has 27 heavy (non-hydrogen) atoms. The van der Waals surface area contributed by atoms with Crippen molar-refractivity contribution in [1.82, 2.24) is 0 Å². The highest BCUT2D eigenvalue weighted by Crippen LogP contribution is 2.49. The molecule has 3 aromatic carbocycles. The second kappa shape index (κ2) is 6.71. The average molecular weight is 407 g/mol. The van der Waals surface area contributed by atoms with Gasteiger partial charge < -0.3 is 0 Å². The zero-order chi connectivity index (χ0) is 18.4. The Hall–Kier alpha value is -2.28. The van der Waals surface area contributed by atoms with Crippen LogP contribution in [-0.2, 0) is 4.79 Å². The molecular weight excluding hydrogens is 392 g/mol. The number of rotatable bonds is 0. The van der Waals surface area contributed by atoms with E-state index in [1.807, 2.05) is 53.4 Å². The molecule has 0 atom stereocenters. The minimum atomic E-state index is 0.0110. The van der Waals surface area contributed by atoms with Gasteiger partial charge in [-0.2, -0.15) is 0 Å². The number of carbonyl (C=O) groups excluding carboxylic acids is 1. The van der Waals surface area contributed by atoms with Gasteiger partial charge in [0.25, 0.3) is 0 Å². The van der Waals surface area contributed by atoms with Gasteiger partial charge in [-0.15, -0.1) is 11.8 Å². The van der Waals surface area contributed by atoms with Crippen LogP contribution in [0.15, 0.2) is 87.5 Å². The maximum atomic E-state index is 12.9. The third-order valence-corrected chi connectivity index (χ3v) is 7.06. The van der Waals surface area contributed by atoms with E-state index in [4.69, 9.17) is 12.2 Å². The lowest BCUT2D eigenvalue weighted by atomic mass is 10.2. The summed E-state index contributed by atoms with van der Waals surface area (Å²) in [6.07, 6.45) is 0. The van der Waals surface area contributed by atoms with Crippen molar-refractivity contribution in [2.75, 3.05) is 15.6 Å². The van der Waals surface area contributed by atoms with Crippen LogP contribution in [0.3, 0.4) is 0 Å². The van der Waals surface area contributed by atoms with Crippen LogP contribution in [0.5, 0.6) is 0 Å². The molecule has 0 aromatic heterocycles. The molecule has 0 aliphatic carbocycles. The fraction of sp³-hybridized carbons (Fsp3) is 0.0476. The molecule has 1 amide bonds. The van der Waals surface area contributed by atoms with Gasteiger partial charge in [-0.05, 0) is 48.6 Å². The number of para-hydroxylation sites is 3. The first kappa shape index (κ1) is 16.9. The van der Waals surface area contributed by atoms with Crippen LogP contribution < -0.4 is 9.80 Å². The van der Waals surface area contributed by atoms with E-state index in [2.05, 4.69) is 24.3 Å². The molecule has 0 radical (unpaired) electrons. The van der Waals surface area contributed by atoms with E-state index in [-0.39, 0.29) is 5.91 Å². The Morgan fingerprint density at radius 1 is 0.741 bits per heavy atom. The number of anilines is 3. The number of hydrogen-bond donors (Lipinski definition) is 0. The summed E-state index contributed by atoms with van der Waals surface area (Å²) in [5, 5.41) is 0.493. The maximum absolute atomic E-state index is 12.9. The Balaban J connectivity index is 1.67. The molecule has 0 saturated heterocycles. The Morgan fingerprint density at radius 3 is 1.81 bits per heavy atom. The summed E-state index contributed by atoms with van der Waals surface area (Å²) >= 11 is 9.20. The number of hydrogen-bond acceptors (Lipinski definition) is 4. The highest BCUT2D eigenvalue weighted by atomic mass is 32.2. The molecule has 5 rings (SSSR count). The number of thiocarbonyl (C=S) groups is 1. The normalized spacial score (nSPS) is 15.0. The molecule has 0 bridgehead atoms. The highest BCUT2D eigenvalue weighted by molar-refractivity contribution is 8.00. The number of thioether (sulfide) groups is 1. The molecule has 0 unspecified atom stereocenters. The van der Waals surface area contributed by atoms with Crippen LogP contribution in [0.2, 0.25) is 0 Å². The second-order valence-corrected chi connectivity index (χ2v) is 8.61. The molecule has 3 aromatic rings. The lowest BCUT2D eigenvalue weighted by molar-refractivity contribution is -0.115. The molecular formula is C21H14N2OS3. The van der Waals surface area contributed by atoms with Crippen LogP contribution >= 0.6 is 35.7 Å². The zero-order valence-corrected chi connectivity index (χ0v) is 16.6. The van der Waals surface area contributed by atoms with E-state index >= 15 is 0 Å². The van der Waals surface area contributed by atoms with Gasteiger partial charge in [0.05, 0.1) is 22.8 Å². The van der Waals surface area contributed by atoms with Crippen LogP contribution in [0.25, 0.3) is 0 Å². The number of fused-ring (bicyclic) bond motifs is 3. The smallest absolute Gasteiger partial charge is 0.243 e. The van der Waals surface area contributed by atoms with Gasteiger partial charge in [-0.3, -0.25) is 14.6 Å². The quantitative estimate of drug-likeness (QED) is 0.445. The van der Waals surface area contributed by atoms with Gasteiger partial charge in [-0.25, -0.2) is 0 Å². The van der Waals surface area contributed by atoms with Crippen LogP contribution in [0.1, 0.15) is 0 Å². The highest BCUT2D eigenvalue weighted by Gasteiger charge is 2.34. The molecule has 0 spiro atoms. The number of benzene rings is 3. The van der Waals surface area contributed by atoms with Gasteiger partial charge >= 0.3 is 0 Å². The van der Waals surface area contributed by atoms with Crippen molar-refractivity contribution in [1.29, 1.82) is 0 Å². The Labute approximate surface area is 171 Å². The van der Waals surface area contributed by atoms with Crippen molar-refractivity contribution in [3.05, 3.63) is 72.8 Å². The van der Waals surface area contributed by atoms with Crippen LogP contribution in [-0.4, -0.2) is 16.8 Å². The Kier molecular flexibility index (Phi) is 4.19. The molecule has 0 fully saturated rings. The molecule has 2 aliphatic rings. The summed E-state index contributed by atoms with van der Waals surface area (Å²) in [7, 11) is 0. The third-order valence-electron chi connectivity index (χ3n) is 4.52. The van der Waals surface area contributed by atoms with E-state index in [1.165, 1.54) is 0 Å². The Bertz CT molecular complexity index is 1040. The summed E-state index contributed by atoms with van der Waals surface area (Å²) in [5.74, 6) is 0.403. The van der Waals surface area contributed by atoms with Crippen LogP contribution in [0, 0.1) is 0 Å². The van der Waals surface area contributed by atoms with E-state index in [0.717, 1.165) is 31.7 Å². The first-order valence-electron chi connectivity index (χ1n) is 8.49. The first-order valence-corrected chi connectivity index (χ1v) is 10.7. The predicted octanol–water partition coefficient (Wildman–Crippen LogP) is 5.71. The molecule has 2 heterocycles. The minimum absolute atomic E-state index is 0.0110. The van der Waals surface area contributed by atoms with Crippen molar-refractivity contribution < 1.29 is 4.79 Å². The van der Waals surface area contributed by atoms with Crippen LogP contribution in [0.4, 0.5) is 17.1 Å². The fourth-order valence-electron chi connectivity index (χ4n) is 3.32.